The quantitative estimate of drug-likeness (QED) is 0.476. The highest BCUT2D eigenvalue weighted by molar-refractivity contribution is 9.10. The number of azo groups is 1. The van der Waals surface area contributed by atoms with Gasteiger partial charge >= 0.3 is 5.91 Å². The first kappa shape index (κ1) is 18.7. The summed E-state index contributed by atoms with van der Waals surface area (Å²) in [5, 5.41) is 18.9. The van der Waals surface area contributed by atoms with Crippen LogP contribution in [0.4, 0.5) is 5.69 Å². The third kappa shape index (κ3) is 4.00. The summed E-state index contributed by atoms with van der Waals surface area (Å²) in [5.41, 5.74) is 1.82. The molecule has 0 aliphatic rings. The SMILES string of the molecule is Cc1cc(Br)cc2c(N=NC(=O)COc3ccc(Cl)cc3Cl)c(O)[nH]c12. The minimum Gasteiger partial charge on any atom is -0.493 e. The fourth-order valence-electron chi connectivity index (χ4n) is 2.37. The lowest BCUT2D eigenvalue weighted by Gasteiger charge is -2.05. The Morgan fingerprint density at radius 3 is 2.81 bits per heavy atom. The van der Waals surface area contributed by atoms with Crippen LogP contribution in [0.25, 0.3) is 10.9 Å². The van der Waals surface area contributed by atoms with Crippen molar-refractivity contribution in [3.63, 3.8) is 0 Å². The van der Waals surface area contributed by atoms with Crippen LogP contribution in [0.2, 0.25) is 10.0 Å². The van der Waals surface area contributed by atoms with E-state index in [0.29, 0.717) is 16.2 Å². The molecule has 0 atom stereocenters. The van der Waals surface area contributed by atoms with Gasteiger partial charge in [-0.05, 0) is 42.8 Å². The monoisotopic (exact) mass is 455 g/mol. The molecule has 1 amide bonds. The molecule has 134 valence electrons. The smallest absolute Gasteiger partial charge is 0.302 e. The van der Waals surface area contributed by atoms with Gasteiger partial charge in [0.1, 0.15) is 5.75 Å². The predicted molar refractivity (Wildman–Crippen MR) is 104 cm³/mol. The highest BCUT2D eigenvalue weighted by Crippen LogP contribution is 2.38. The average molecular weight is 457 g/mol. The van der Waals surface area contributed by atoms with E-state index in [4.69, 9.17) is 27.9 Å². The van der Waals surface area contributed by atoms with Crippen LogP contribution < -0.4 is 4.74 Å². The number of benzene rings is 2. The second-order valence-electron chi connectivity index (χ2n) is 5.42. The maximum absolute atomic E-state index is 11.9. The molecule has 0 unspecified atom stereocenters. The molecule has 9 heteroatoms. The molecule has 0 aliphatic heterocycles. The van der Waals surface area contributed by atoms with Gasteiger partial charge in [0.25, 0.3) is 0 Å². The Labute approximate surface area is 166 Å². The normalized spacial score (nSPS) is 11.4. The van der Waals surface area contributed by atoms with E-state index < -0.39 is 5.91 Å². The largest absolute Gasteiger partial charge is 0.493 e. The van der Waals surface area contributed by atoms with Crippen LogP contribution in [0.1, 0.15) is 5.56 Å². The number of rotatable bonds is 4. The summed E-state index contributed by atoms with van der Waals surface area (Å²) in [6.07, 6.45) is 0. The van der Waals surface area contributed by atoms with E-state index in [2.05, 4.69) is 31.1 Å². The molecule has 3 aromatic rings. The van der Waals surface area contributed by atoms with Crippen LogP contribution in [-0.2, 0) is 4.79 Å². The van der Waals surface area contributed by atoms with Gasteiger partial charge in [-0.1, -0.05) is 39.1 Å². The fourth-order valence-corrected chi connectivity index (χ4v) is 3.40. The van der Waals surface area contributed by atoms with E-state index in [-0.39, 0.29) is 23.2 Å². The van der Waals surface area contributed by atoms with Crippen molar-refractivity contribution in [3.8, 4) is 11.6 Å². The molecule has 26 heavy (non-hydrogen) atoms. The summed E-state index contributed by atoms with van der Waals surface area (Å²) in [6.45, 7) is 1.54. The highest BCUT2D eigenvalue weighted by Gasteiger charge is 2.14. The van der Waals surface area contributed by atoms with Gasteiger partial charge in [-0.15, -0.1) is 10.2 Å². The molecule has 0 saturated carbocycles. The molecular formula is C17H12BrCl2N3O3. The third-order valence-electron chi connectivity index (χ3n) is 3.53. The van der Waals surface area contributed by atoms with E-state index in [1.165, 1.54) is 6.07 Å². The van der Waals surface area contributed by atoms with E-state index in [0.717, 1.165) is 15.6 Å². The summed E-state index contributed by atoms with van der Waals surface area (Å²) >= 11 is 15.2. The average Bonchev–Trinajstić information content (AvgIpc) is 2.88. The molecule has 3 rings (SSSR count). The number of aryl methyl sites for hydroxylation is 1. The summed E-state index contributed by atoms with van der Waals surface area (Å²) in [7, 11) is 0. The van der Waals surface area contributed by atoms with Crippen LogP contribution in [0.3, 0.4) is 0 Å². The zero-order chi connectivity index (χ0) is 18.8. The van der Waals surface area contributed by atoms with Crippen molar-refractivity contribution in [3.05, 3.63) is 50.4 Å². The van der Waals surface area contributed by atoms with Gasteiger partial charge in [-0.3, -0.25) is 4.79 Å². The van der Waals surface area contributed by atoms with Gasteiger partial charge in [-0.25, -0.2) is 0 Å². The van der Waals surface area contributed by atoms with Crippen LogP contribution >= 0.6 is 39.1 Å². The Hall–Kier alpha value is -2.09. The zero-order valence-electron chi connectivity index (χ0n) is 13.4. The van der Waals surface area contributed by atoms with Crippen molar-refractivity contribution in [2.24, 2.45) is 10.2 Å². The number of ether oxygens (including phenoxy) is 1. The third-order valence-corrected chi connectivity index (χ3v) is 4.52. The number of aromatic amines is 1. The zero-order valence-corrected chi connectivity index (χ0v) is 16.5. The van der Waals surface area contributed by atoms with Crippen LogP contribution in [0.15, 0.2) is 45.0 Å². The van der Waals surface area contributed by atoms with Crippen molar-refractivity contribution in [2.45, 2.75) is 6.92 Å². The predicted octanol–water partition coefficient (Wildman–Crippen LogP) is 5.94. The molecule has 0 fully saturated rings. The lowest BCUT2D eigenvalue weighted by Crippen LogP contribution is -2.08. The molecular weight excluding hydrogens is 445 g/mol. The van der Waals surface area contributed by atoms with Gasteiger partial charge in [0.15, 0.2) is 12.3 Å². The molecule has 2 aromatic carbocycles. The highest BCUT2D eigenvalue weighted by atomic mass is 79.9. The minimum atomic E-state index is -0.628. The van der Waals surface area contributed by atoms with Crippen LogP contribution in [0.5, 0.6) is 11.6 Å². The Kier molecular flexibility index (Phi) is 5.50. The number of halogens is 3. The maximum atomic E-state index is 11.9. The summed E-state index contributed by atoms with van der Waals surface area (Å²) in [4.78, 5) is 14.7. The van der Waals surface area contributed by atoms with Gasteiger partial charge in [0, 0.05) is 14.9 Å². The number of carbonyl (C=O) groups excluding carboxylic acids is 1. The van der Waals surface area contributed by atoms with Gasteiger partial charge in [0.2, 0.25) is 5.88 Å². The molecule has 0 radical (unpaired) electrons. The molecule has 6 nitrogen and oxygen atoms in total. The number of H-pyrrole nitrogens is 1. The maximum Gasteiger partial charge on any atom is 0.302 e. The van der Waals surface area contributed by atoms with E-state index in [1.54, 1.807) is 18.2 Å². The number of nitrogens with zero attached hydrogens (tertiary/aromatic N) is 2. The molecule has 0 aliphatic carbocycles. The van der Waals surface area contributed by atoms with E-state index in [9.17, 15) is 9.90 Å². The van der Waals surface area contributed by atoms with Crippen molar-refractivity contribution >= 4 is 61.6 Å². The van der Waals surface area contributed by atoms with Crippen LogP contribution in [-0.4, -0.2) is 22.6 Å². The lowest BCUT2D eigenvalue weighted by atomic mass is 10.1. The number of fused-ring (bicyclic) bond motifs is 1. The van der Waals surface area contributed by atoms with Crippen molar-refractivity contribution in [1.29, 1.82) is 0 Å². The van der Waals surface area contributed by atoms with Gasteiger partial charge < -0.3 is 14.8 Å². The minimum absolute atomic E-state index is 0.167. The second-order valence-corrected chi connectivity index (χ2v) is 7.18. The number of carbonyl (C=O) groups is 1. The number of hydrogen-bond donors (Lipinski definition) is 2. The van der Waals surface area contributed by atoms with Crippen molar-refractivity contribution < 1.29 is 14.6 Å². The molecule has 0 spiro atoms. The lowest BCUT2D eigenvalue weighted by molar-refractivity contribution is -0.120. The molecule has 2 N–H and O–H groups in total. The number of aromatic nitrogens is 1. The molecule has 0 saturated heterocycles. The number of amides is 1. The summed E-state index contributed by atoms with van der Waals surface area (Å²) in [6, 6.07) is 8.34. The number of nitrogens with one attached hydrogen (secondary N) is 1. The van der Waals surface area contributed by atoms with Crippen LogP contribution in [0, 0.1) is 6.92 Å². The molecule has 0 bridgehead atoms. The summed E-state index contributed by atoms with van der Waals surface area (Å²) < 4.78 is 6.13. The van der Waals surface area contributed by atoms with Gasteiger partial charge in [0.05, 0.1) is 10.5 Å². The number of aromatic hydroxyl groups is 1. The first-order chi connectivity index (χ1) is 12.3. The Balaban J connectivity index is 1.76. The van der Waals surface area contributed by atoms with Crippen molar-refractivity contribution in [2.75, 3.05) is 6.61 Å². The van der Waals surface area contributed by atoms with E-state index >= 15 is 0 Å². The fraction of sp³-hybridized carbons (Fsp3) is 0.118. The molecule has 1 heterocycles. The first-order valence-corrected chi connectivity index (χ1v) is 8.93. The topological polar surface area (TPSA) is 87.0 Å². The summed E-state index contributed by atoms with van der Waals surface area (Å²) in [5.74, 6) is -0.481. The van der Waals surface area contributed by atoms with Crippen molar-refractivity contribution in [1.82, 2.24) is 4.98 Å². The standard InChI is InChI=1S/C17H12BrCl2N3O3/c1-8-4-9(18)5-11-15(8)21-17(25)16(11)23-22-14(24)7-26-13-3-2-10(19)6-12(13)20/h2-6,21,25H,7H2,1H3. The number of hydrogen-bond acceptors (Lipinski definition) is 4. The van der Waals surface area contributed by atoms with Gasteiger partial charge in [-0.2, -0.15) is 0 Å². The molecule has 1 aromatic heterocycles. The Bertz CT molecular complexity index is 1030. The van der Waals surface area contributed by atoms with E-state index in [1.807, 2.05) is 13.0 Å². The first-order valence-electron chi connectivity index (χ1n) is 7.38. The Morgan fingerprint density at radius 2 is 2.08 bits per heavy atom. The second kappa shape index (κ2) is 7.65. The Morgan fingerprint density at radius 1 is 1.31 bits per heavy atom.